The maximum atomic E-state index is 12.8. The average molecular weight is 211 g/mol. The number of phenolic OH excluding ortho intramolecular Hbond substituents is 1. The highest BCUT2D eigenvalue weighted by Crippen LogP contribution is 2.25. The number of phenols is 1. The Morgan fingerprint density at radius 1 is 1.40 bits per heavy atom. The first-order valence-corrected chi connectivity index (χ1v) is 5.29. The van der Waals surface area contributed by atoms with Gasteiger partial charge in [-0.2, -0.15) is 0 Å². The van der Waals surface area contributed by atoms with Gasteiger partial charge in [-0.1, -0.05) is 13.0 Å². The number of rotatable bonds is 4. The summed E-state index contributed by atoms with van der Waals surface area (Å²) >= 11 is 0. The molecular formula is C12H18FNO. The minimum Gasteiger partial charge on any atom is -0.508 e. The summed E-state index contributed by atoms with van der Waals surface area (Å²) in [5, 5.41) is 12.9. The van der Waals surface area contributed by atoms with E-state index in [-0.39, 0.29) is 11.8 Å². The van der Waals surface area contributed by atoms with Crippen LogP contribution in [0.2, 0.25) is 0 Å². The van der Waals surface area contributed by atoms with Crippen molar-refractivity contribution in [1.29, 1.82) is 0 Å². The number of hydrogen-bond acceptors (Lipinski definition) is 2. The van der Waals surface area contributed by atoms with E-state index in [0.717, 1.165) is 18.1 Å². The first-order valence-electron chi connectivity index (χ1n) is 5.29. The summed E-state index contributed by atoms with van der Waals surface area (Å²) in [4.78, 5) is 0. The minimum absolute atomic E-state index is 0.0123. The zero-order valence-corrected chi connectivity index (χ0v) is 9.42. The highest BCUT2D eigenvalue weighted by Gasteiger charge is 2.12. The number of nitrogens with one attached hydrogen (secondary N) is 1. The summed E-state index contributed by atoms with van der Waals surface area (Å²) < 4.78 is 12.8. The average Bonchev–Trinajstić information content (AvgIpc) is 2.17. The summed E-state index contributed by atoms with van der Waals surface area (Å²) in [7, 11) is 0. The summed E-state index contributed by atoms with van der Waals surface area (Å²) in [5.74, 6) is -0.398. The topological polar surface area (TPSA) is 32.3 Å². The molecule has 0 heterocycles. The van der Waals surface area contributed by atoms with Gasteiger partial charge in [0.15, 0.2) is 0 Å². The second-order valence-corrected chi connectivity index (χ2v) is 3.90. The highest BCUT2D eigenvalue weighted by molar-refractivity contribution is 5.34. The molecule has 15 heavy (non-hydrogen) atoms. The molecule has 0 spiro atoms. The van der Waals surface area contributed by atoms with Crippen molar-refractivity contribution in [2.45, 2.75) is 39.3 Å². The first-order chi connectivity index (χ1) is 7.04. The van der Waals surface area contributed by atoms with Gasteiger partial charge in [-0.25, -0.2) is 4.39 Å². The molecule has 2 N–H and O–H groups in total. The summed E-state index contributed by atoms with van der Waals surface area (Å²) in [6.07, 6.45) is 1.02. The Morgan fingerprint density at radius 2 is 2.07 bits per heavy atom. The highest BCUT2D eigenvalue weighted by atomic mass is 19.1. The molecule has 0 aromatic heterocycles. The Morgan fingerprint density at radius 3 is 2.60 bits per heavy atom. The van der Waals surface area contributed by atoms with E-state index in [9.17, 15) is 9.50 Å². The molecule has 2 atom stereocenters. The van der Waals surface area contributed by atoms with Crippen LogP contribution in [-0.2, 0) is 0 Å². The smallest absolute Gasteiger partial charge is 0.126 e. The predicted molar refractivity (Wildman–Crippen MR) is 59.4 cm³/mol. The Kier molecular flexibility index (Phi) is 4.09. The molecule has 0 fully saturated rings. The van der Waals surface area contributed by atoms with Gasteiger partial charge < -0.3 is 10.4 Å². The predicted octanol–water partition coefficient (Wildman–Crippen LogP) is 2.98. The Hall–Kier alpha value is -1.09. The molecule has 1 aromatic carbocycles. The van der Waals surface area contributed by atoms with Crippen LogP contribution in [-0.4, -0.2) is 11.1 Å². The van der Waals surface area contributed by atoms with E-state index in [0.29, 0.717) is 6.04 Å². The second kappa shape index (κ2) is 5.12. The van der Waals surface area contributed by atoms with Crippen LogP contribution in [0.1, 0.15) is 38.8 Å². The van der Waals surface area contributed by atoms with Crippen molar-refractivity contribution in [2.75, 3.05) is 0 Å². The van der Waals surface area contributed by atoms with E-state index in [1.165, 1.54) is 6.07 Å². The molecule has 0 saturated heterocycles. The SMILES string of the molecule is CC[C@H](C)N[C@H](C)c1ccc(F)cc1O. The maximum absolute atomic E-state index is 12.8. The van der Waals surface area contributed by atoms with E-state index in [1.54, 1.807) is 6.07 Å². The second-order valence-electron chi connectivity index (χ2n) is 3.90. The lowest BCUT2D eigenvalue weighted by atomic mass is 10.1. The lowest BCUT2D eigenvalue weighted by molar-refractivity contribution is 0.427. The molecule has 2 nitrogen and oxygen atoms in total. The molecule has 0 unspecified atom stereocenters. The normalized spacial score (nSPS) is 14.9. The van der Waals surface area contributed by atoms with Gasteiger partial charge in [-0.05, 0) is 26.3 Å². The zero-order valence-electron chi connectivity index (χ0n) is 9.42. The van der Waals surface area contributed by atoms with Gasteiger partial charge in [0, 0.05) is 23.7 Å². The maximum Gasteiger partial charge on any atom is 0.126 e. The van der Waals surface area contributed by atoms with Crippen LogP contribution in [0.5, 0.6) is 5.75 Å². The van der Waals surface area contributed by atoms with E-state index in [2.05, 4.69) is 19.2 Å². The molecular weight excluding hydrogens is 193 g/mol. The number of halogens is 1. The Balaban J connectivity index is 2.77. The van der Waals surface area contributed by atoms with Gasteiger partial charge in [0.2, 0.25) is 0 Å². The van der Waals surface area contributed by atoms with E-state index < -0.39 is 5.82 Å². The Labute approximate surface area is 90.1 Å². The molecule has 0 bridgehead atoms. The largest absolute Gasteiger partial charge is 0.508 e. The van der Waals surface area contributed by atoms with E-state index in [4.69, 9.17) is 0 Å². The third-order valence-corrected chi connectivity index (χ3v) is 2.61. The lowest BCUT2D eigenvalue weighted by Gasteiger charge is -2.19. The zero-order chi connectivity index (χ0) is 11.4. The van der Waals surface area contributed by atoms with Gasteiger partial charge in [-0.3, -0.25) is 0 Å². The minimum atomic E-state index is -0.410. The van der Waals surface area contributed by atoms with E-state index >= 15 is 0 Å². The molecule has 0 saturated carbocycles. The summed E-state index contributed by atoms with van der Waals surface area (Å²) in [6, 6.07) is 4.53. The van der Waals surface area contributed by atoms with Crippen molar-refractivity contribution in [2.24, 2.45) is 0 Å². The number of hydrogen-bond donors (Lipinski definition) is 2. The van der Waals surface area contributed by atoms with Crippen LogP contribution in [0.15, 0.2) is 18.2 Å². The van der Waals surface area contributed by atoms with Crippen LogP contribution in [0.4, 0.5) is 4.39 Å². The quantitative estimate of drug-likeness (QED) is 0.802. The molecule has 0 radical (unpaired) electrons. The van der Waals surface area contributed by atoms with E-state index in [1.807, 2.05) is 6.92 Å². The molecule has 0 amide bonds. The lowest BCUT2D eigenvalue weighted by Crippen LogP contribution is -2.28. The summed E-state index contributed by atoms with van der Waals surface area (Å²) in [5.41, 5.74) is 0.733. The molecule has 0 aliphatic carbocycles. The van der Waals surface area contributed by atoms with Crippen molar-refractivity contribution in [3.8, 4) is 5.75 Å². The monoisotopic (exact) mass is 211 g/mol. The van der Waals surface area contributed by atoms with Crippen LogP contribution in [0.25, 0.3) is 0 Å². The Bertz CT molecular complexity index is 327. The molecule has 1 aromatic rings. The van der Waals surface area contributed by atoms with Gasteiger partial charge >= 0.3 is 0 Å². The van der Waals surface area contributed by atoms with Crippen molar-refractivity contribution < 1.29 is 9.50 Å². The molecule has 0 aliphatic rings. The van der Waals surface area contributed by atoms with Crippen LogP contribution >= 0.6 is 0 Å². The standard InChI is InChI=1S/C12H18FNO/c1-4-8(2)14-9(3)11-6-5-10(13)7-12(11)15/h5-9,14-15H,4H2,1-3H3/t8-,9+/m0/s1. The number of aromatic hydroxyl groups is 1. The molecule has 0 aliphatic heterocycles. The molecule has 1 rings (SSSR count). The van der Waals surface area contributed by atoms with Gasteiger partial charge in [0.05, 0.1) is 0 Å². The third-order valence-electron chi connectivity index (χ3n) is 2.61. The third kappa shape index (κ3) is 3.20. The van der Waals surface area contributed by atoms with Crippen molar-refractivity contribution in [3.63, 3.8) is 0 Å². The first kappa shape index (κ1) is 12.0. The molecule has 84 valence electrons. The van der Waals surface area contributed by atoms with Gasteiger partial charge in [0.1, 0.15) is 11.6 Å². The number of benzene rings is 1. The fourth-order valence-corrected chi connectivity index (χ4v) is 1.52. The molecule has 3 heteroatoms. The van der Waals surface area contributed by atoms with Gasteiger partial charge in [0.25, 0.3) is 0 Å². The van der Waals surface area contributed by atoms with Crippen LogP contribution in [0, 0.1) is 5.82 Å². The van der Waals surface area contributed by atoms with Gasteiger partial charge in [-0.15, -0.1) is 0 Å². The fraction of sp³-hybridized carbons (Fsp3) is 0.500. The van der Waals surface area contributed by atoms with Crippen LogP contribution in [0.3, 0.4) is 0 Å². The van der Waals surface area contributed by atoms with Crippen molar-refractivity contribution in [3.05, 3.63) is 29.6 Å². The fourth-order valence-electron chi connectivity index (χ4n) is 1.52. The van der Waals surface area contributed by atoms with Crippen LogP contribution < -0.4 is 5.32 Å². The van der Waals surface area contributed by atoms with Crippen molar-refractivity contribution >= 4 is 0 Å². The van der Waals surface area contributed by atoms with Crippen molar-refractivity contribution in [1.82, 2.24) is 5.32 Å². The summed E-state index contributed by atoms with van der Waals surface area (Å²) in [6.45, 7) is 6.13.